The summed E-state index contributed by atoms with van der Waals surface area (Å²) in [4.78, 5) is 12.2. The smallest absolute Gasteiger partial charge is 0.306 e. The molecule has 1 aliphatic carbocycles. The Morgan fingerprint density at radius 3 is 2.41 bits per heavy atom. The quantitative estimate of drug-likeness (QED) is 0.683. The lowest BCUT2D eigenvalue weighted by Gasteiger charge is -2.36. The van der Waals surface area contributed by atoms with Gasteiger partial charge in [-0.15, -0.1) is 10.2 Å². The van der Waals surface area contributed by atoms with Crippen molar-refractivity contribution in [1.29, 1.82) is 0 Å². The molecule has 5 heteroatoms. The molecule has 1 aromatic heterocycles. The van der Waals surface area contributed by atoms with Gasteiger partial charge in [-0.25, -0.2) is 0 Å². The SMILES string of the molecule is Cc1ccc(-c2nnc(CCC(=O)OC3CCC(C(C)(C)C)CC3)o2)cc1. The minimum Gasteiger partial charge on any atom is -0.462 e. The Morgan fingerprint density at radius 2 is 1.78 bits per heavy atom. The number of carbonyl (C=O) groups is 1. The highest BCUT2D eigenvalue weighted by Gasteiger charge is 2.31. The average molecular weight is 370 g/mol. The van der Waals surface area contributed by atoms with Crippen LogP contribution in [0.1, 0.15) is 64.3 Å². The lowest BCUT2D eigenvalue weighted by molar-refractivity contribution is -0.151. The zero-order valence-electron chi connectivity index (χ0n) is 16.8. The minimum atomic E-state index is -0.177. The van der Waals surface area contributed by atoms with E-state index in [1.165, 1.54) is 5.56 Å². The molecular formula is C22H30N2O3. The van der Waals surface area contributed by atoms with Crippen molar-refractivity contribution in [2.24, 2.45) is 11.3 Å². The van der Waals surface area contributed by atoms with Crippen molar-refractivity contribution < 1.29 is 13.9 Å². The van der Waals surface area contributed by atoms with Crippen LogP contribution in [0.3, 0.4) is 0 Å². The van der Waals surface area contributed by atoms with Gasteiger partial charge in [-0.3, -0.25) is 4.79 Å². The van der Waals surface area contributed by atoms with E-state index in [-0.39, 0.29) is 18.5 Å². The van der Waals surface area contributed by atoms with Gasteiger partial charge in [-0.2, -0.15) is 0 Å². The van der Waals surface area contributed by atoms with E-state index in [2.05, 4.69) is 31.0 Å². The Bertz CT molecular complexity index is 751. The molecule has 0 saturated heterocycles. The van der Waals surface area contributed by atoms with Crippen LogP contribution in [0.5, 0.6) is 0 Å². The molecule has 1 aromatic carbocycles. The van der Waals surface area contributed by atoms with Crippen molar-refractivity contribution in [3.8, 4) is 11.5 Å². The van der Waals surface area contributed by atoms with Gasteiger partial charge in [0.2, 0.25) is 11.8 Å². The number of ether oxygens (including phenoxy) is 1. The highest BCUT2D eigenvalue weighted by Crippen LogP contribution is 2.38. The summed E-state index contributed by atoms with van der Waals surface area (Å²) in [6.45, 7) is 8.90. The summed E-state index contributed by atoms with van der Waals surface area (Å²) in [7, 11) is 0. The number of rotatable bonds is 5. The third kappa shape index (κ3) is 5.41. The number of esters is 1. The third-order valence-electron chi connectivity index (χ3n) is 5.51. The average Bonchev–Trinajstić information content (AvgIpc) is 3.09. The topological polar surface area (TPSA) is 65.2 Å². The van der Waals surface area contributed by atoms with Crippen LogP contribution in [0.2, 0.25) is 0 Å². The standard InChI is InChI=1S/C22H30N2O3/c1-15-5-7-16(8-6-15)21-24-23-19(27-21)13-14-20(25)26-18-11-9-17(10-12-18)22(2,3)4/h5-8,17-18H,9-14H2,1-4H3. The second-order valence-corrected chi connectivity index (χ2v) is 8.70. The van der Waals surface area contributed by atoms with Gasteiger partial charge >= 0.3 is 5.97 Å². The number of aromatic nitrogens is 2. The first-order valence-electron chi connectivity index (χ1n) is 9.90. The first-order chi connectivity index (χ1) is 12.8. The molecule has 2 aromatic rings. The number of benzene rings is 1. The van der Waals surface area contributed by atoms with Crippen LogP contribution in [0, 0.1) is 18.3 Å². The number of hydrogen-bond acceptors (Lipinski definition) is 5. The Labute approximate surface area is 161 Å². The van der Waals surface area contributed by atoms with Gasteiger partial charge in [0.1, 0.15) is 6.10 Å². The molecule has 0 atom stereocenters. The summed E-state index contributed by atoms with van der Waals surface area (Å²) in [6, 6.07) is 7.92. The molecule has 0 N–H and O–H groups in total. The fourth-order valence-electron chi connectivity index (χ4n) is 3.67. The van der Waals surface area contributed by atoms with Crippen LogP contribution in [0.25, 0.3) is 11.5 Å². The van der Waals surface area contributed by atoms with Crippen molar-refractivity contribution in [3.05, 3.63) is 35.7 Å². The summed E-state index contributed by atoms with van der Waals surface area (Å²) >= 11 is 0. The Balaban J connectivity index is 1.44. The minimum absolute atomic E-state index is 0.0573. The van der Waals surface area contributed by atoms with Crippen LogP contribution in [-0.2, 0) is 16.0 Å². The Hall–Kier alpha value is -2.17. The third-order valence-corrected chi connectivity index (χ3v) is 5.51. The van der Waals surface area contributed by atoms with E-state index in [0.717, 1.165) is 31.2 Å². The van der Waals surface area contributed by atoms with Crippen molar-refractivity contribution >= 4 is 5.97 Å². The molecule has 0 amide bonds. The molecule has 146 valence electrons. The lowest BCUT2D eigenvalue weighted by atomic mass is 9.72. The highest BCUT2D eigenvalue weighted by molar-refractivity contribution is 5.69. The maximum Gasteiger partial charge on any atom is 0.306 e. The molecule has 1 aliphatic rings. The molecular weight excluding hydrogens is 340 g/mol. The van der Waals surface area contributed by atoms with E-state index in [4.69, 9.17) is 9.15 Å². The molecule has 0 bridgehead atoms. The molecule has 1 heterocycles. The second-order valence-electron chi connectivity index (χ2n) is 8.70. The maximum absolute atomic E-state index is 12.2. The Kier molecular flexibility index (Phi) is 5.98. The fourth-order valence-corrected chi connectivity index (χ4v) is 3.67. The van der Waals surface area contributed by atoms with Gasteiger partial charge in [-0.1, -0.05) is 38.5 Å². The van der Waals surface area contributed by atoms with Crippen LogP contribution in [0.4, 0.5) is 0 Å². The highest BCUT2D eigenvalue weighted by atomic mass is 16.5. The van der Waals surface area contributed by atoms with Crippen LogP contribution in [-0.4, -0.2) is 22.3 Å². The van der Waals surface area contributed by atoms with Gasteiger partial charge in [0.15, 0.2) is 0 Å². The van der Waals surface area contributed by atoms with Crippen molar-refractivity contribution in [2.75, 3.05) is 0 Å². The molecule has 0 aliphatic heterocycles. The zero-order valence-corrected chi connectivity index (χ0v) is 16.8. The summed E-state index contributed by atoms with van der Waals surface area (Å²) < 4.78 is 11.3. The van der Waals surface area contributed by atoms with Crippen LogP contribution in [0.15, 0.2) is 28.7 Å². The number of aryl methyl sites for hydroxylation is 2. The first-order valence-corrected chi connectivity index (χ1v) is 9.90. The normalized spacial score (nSPS) is 20.4. The summed E-state index contributed by atoms with van der Waals surface area (Å²) in [5.41, 5.74) is 2.40. The molecule has 0 spiro atoms. The summed E-state index contributed by atoms with van der Waals surface area (Å²) in [5.74, 6) is 1.49. The number of nitrogens with zero attached hydrogens (tertiary/aromatic N) is 2. The molecule has 1 saturated carbocycles. The van der Waals surface area contributed by atoms with Crippen LogP contribution < -0.4 is 0 Å². The largest absolute Gasteiger partial charge is 0.462 e. The van der Waals surface area contributed by atoms with E-state index < -0.39 is 0 Å². The van der Waals surface area contributed by atoms with Crippen molar-refractivity contribution in [3.63, 3.8) is 0 Å². The maximum atomic E-state index is 12.2. The van der Waals surface area contributed by atoms with E-state index >= 15 is 0 Å². The van der Waals surface area contributed by atoms with Gasteiger partial charge in [0.25, 0.3) is 0 Å². The van der Waals surface area contributed by atoms with E-state index in [9.17, 15) is 4.79 Å². The second kappa shape index (κ2) is 8.24. The number of carbonyl (C=O) groups excluding carboxylic acids is 1. The van der Waals surface area contributed by atoms with E-state index in [1.54, 1.807) is 0 Å². The van der Waals surface area contributed by atoms with E-state index in [1.807, 2.05) is 31.2 Å². The fraction of sp³-hybridized carbons (Fsp3) is 0.591. The van der Waals surface area contributed by atoms with Gasteiger partial charge in [-0.05, 0) is 56.1 Å². The predicted molar refractivity (Wildman–Crippen MR) is 104 cm³/mol. The van der Waals surface area contributed by atoms with Crippen molar-refractivity contribution in [1.82, 2.24) is 10.2 Å². The molecule has 0 radical (unpaired) electrons. The van der Waals surface area contributed by atoms with Gasteiger partial charge in [0.05, 0.1) is 6.42 Å². The lowest BCUT2D eigenvalue weighted by Crippen LogP contribution is -2.30. The summed E-state index contributed by atoms with van der Waals surface area (Å²) in [5, 5.41) is 8.12. The van der Waals surface area contributed by atoms with Gasteiger partial charge < -0.3 is 9.15 Å². The predicted octanol–water partition coefficient (Wildman–Crippen LogP) is 5.13. The van der Waals surface area contributed by atoms with Crippen LogP contribution >= 0.6 is 0 Å². The monoisotopic (exact) mass is 370 g/mol. The van der Waals surface area contributed by atoms with Gasteiger partial charge in [0, 0.05) is 12.0 Å². The Morgan fingerprint density at radius 1 is 1.11 bits per heavy atom. The molecule has 1 fully saturated rings. The summed E-state index contributed by atoms with van der Waals surface area (Å²) in [6.07, 6.45) is 4.93. The number of hydrogen-bond donors (Lipinski definition) is 0. The molecule has 3 rings (SSSR count). The first kappa shape index (κ1) is 19.6. The van der Waals surface area contributed by atoms with Crippen molar-refractivity contribution in [2.45, 2.75) is 72.3 Å². The molecule has 0 unspecified atom stereocenters. The molecule has 27 heavy (non-hydrogen) atoms. The zero-order chi connectivity index (χ0) is 19.4. The van der Waals surface area contributed by atoms with E-state index in [0.29, 0.717) is 29.5 Å². The molecule has 5 nitrogen and oxygen atoms in total.